The number of carbonyl (C=O) groups is 2. The fourth-order valence-corrected chi connectivity index (χ4v) is 5.98. The molecule has 1 atom stereocenters. The molecule has 0 spiro atoms. The number of para-hydroxylation sites is 3. The molecule has 37 heavy (non-hydrogen) atoms. The zero-order valence-corrected chi connectivity index (χ0v) is 20.7. The Kier molecular flexibility index (Phi) is 6.28. The molecule has 0 radical (unpaired) electrons. The molecule has 0 aromatic heterocycles. The topological polar surface area (TPSA) is 53.1 Å². The molecule has 3 aromatic carbocycles. The van der Waals surface area contributed by atoms with Crippen LogP contribution in [0.3, 0.4) is 0 Å². The van der Waals surface area contributed by atoms with E-state index in [9.17, 15) is 14.0 Å². The molecular formula is C30H30FN3O3. The molecule has 0 N–H and O–H groups in total. The van der Waals surface area contributed by atoms with Gasteiger partial charge in [0.15, 0.2) is 0 Å². The van der Waals surface area contributed by atoms with Gasteiger partial charge in [0.2, 0.25) is 5.91 Å². The number of benzene rings is 3. The van der Waals surface area contributed by atoms with Crippen molar-refractivity contribution in [3.05, 3.63) is 84.2 Å². The average molecular weight is 500 g/mol. The molecule has 1 unspecified atom stereocenters. The number of nitrogens with zero attached hydrogens (tertiary/aromatic N) is 3. The highest BCUT2D eigenvalue weighted by Crippen LogP contribution is 2.44. The zero-order valence-electron chi connectivity index (χ0n) is 20.7. The van der Waals surface area contributed by atoms with Gasteiger partial charge in [-0.3, -0.25) is 14.5 Å². The Morgan fingerprint density at radius 3 is 2.51 bits per heavy atom. The number of hydrogen-bond acceptors (Lipinski definition) is 4. The SMILES string of the molecule is O=C1C(N(C(=O)CN2CCOc3ccccc32)c2cccc(F)c2)c2ccccc2N1C1CCCCC1. The average Bonchev–Trinajstić information content (AvgIpc) is 3.21. The fraction of sp³-hybridized carbons (Fsp3) is 0.333. The van der Waals surface area contributed by atoms with E-state index in [-0.39, 0.29) is 24.4 Å². The summed E-state index contributed by atoms with van der Waals surface area (Å²) >= 11 is 0. The quantitative estimate of drug-likeness (QED) is 0.467. The third kappa shape index (κ3) is 4.32. The van der Waals surface area contributed by atoms with Crippen molar-refractivity contribution in [2.24, 2.45) is 0 Å². The summed E-state index contributed by atoms with van der Waals surface area (Å²) < 4.78 is 20.2. The van der Waals surface area contributed by atoms with Crippen molar-refractivity contribution in [2.45, 2.75) is 44.2 Å². The monoisotopic (exact) mass is 499 g/mol. The van der Waals surface area contributed by atoms with Crippen LogP contribution >= 0.6 is 0 Å². The van der Waals surface area contributed by atoms with Crippen molar-refractivity contribution in [3.63, 3.8) is 0 Å². The van der Waals surface area contributed by atoms with E-state index >= 15 is 0 Å². The number of halogens is 1. The first kappa shape index (κ1) is 23.5. The molecule has 0 bridgehead atoms. The Bertz CT molecular complexity index is 1320. The van der Waals surface area contributed by atoms with E-state index in [4.69, 9.17) is 4.74 Å². The van der Waals surface area contributed by atoms with Crippen molar-refractivity contribution in [1.82, 2.24) is 0 Å². The van der Waals surface area contributed by atoms with Gasteiger partial charge in [0.05, 0.1) is 18.8 Å². The van der Waals surface area contributed by atoms with Crippen LogP contribution in [0.5, 0.6) is 5.75 Å². The molecule has 1 aliphatic carbocycles. The van der Waals surface area contributed by atoms with Gasteiger partial charge >= 0.3 is 0 Å². The normalized spacial score (nSPS) is 19.3. The van der Waals surface area contributed by atoms with Crippen LogP contribution in [0.4, 0.5) is 21.5 Å². The minimum atomic E-state index is -0.844. The summed E-state index contributed by atoms with van der Waals surface area (Å²) in [5, 5.41) is 0. The molecule has 1 fully saturated rings. The summed E-state index contributed by atoms with van der Waals surface area (Å²) in [5.41, 5.74) is 2.86. The maximum Gasteiger partial charge on any atom is 0.255 e. The number of ether oxygens (including phenoxy) is 1. The van der Waals surface area contributed by atoms with Gasteiger partial charge in [-0.25, -0.2) is 4.39 Å². The molecule has 6 nitrogen and oxygen atoms in total. The lowest BCUT2D eigenvalue weighted by molar-refractivity contribution is -0.124. The van der Waals surface area contributed by atoms with E-state index in [2.05, 4.69) is 0 Å². The molecule has 0 saturated heterocycles. The number of anilines is 3. The Labute approximate surface area is 216 Å². The van der Waals surface area contributed by atoms with Crippen LogP contribution in [0.15, 0.2) is 72.8 Å². The van der Waals surface area contributed by atoms with Gasteiger partial charge in [0.25, 0.3) is 5.91 Å². The molecule has 2 aliphatic heterocycles. The largest absolute Gasteiger partial charge is 0.490 e. The second-order valence-electron chi connectivity index (χ2n) is 9.94. The van der Waals surface area contributed by atoms with Crippen molar-refractivity contribution >= 4 is 28.9 Å². The van der Waals surface area contributed by atoms with E-state index < -0.39 is 11.9 Å². The van der Waals surface area contributed by atoms with Crippen LogP contribution in [0.2, 0.25) is 0 Å². The van der Waals surface area contributed by atoms with E-state index in [1.54, 1.807) is 12.1 Å². The first-order valence-corrected chi connectivity index (χ1v) is 13.1. The van der Waals surface area contributed by atoms with Crippen LogP contribution in [0.1, 0.15) is 43.7 Å². The summed E-state index contributed by atoms with van der Waals surface area (Å²) in [6.45, 7) is 1.06. The van der Waals surface area contributed by atoms with Gasteiger partial charge in [-0.2, -0.15) is 0 Å². The molecule has 2 heterocycles. The first-order valence-electron chi connectivity index (χ1n) is 13.1. The summed E-state index contributed by atoms with van der Waals surface area (Å²) in [7, 11) is 0. The summed E-state index contributed by atoms with van der Waals surface area (Å²) in [5.74, 6) is -0.103. The van der Waals surface area contributed by atoms with Crippen molar-refractivity contribution in [3.8, 4) is 5.75 Å². The fourth-order valence-electron chi connectivity index (χ4n) is 5.98. The van der Waals surface area contributed by atoms with Gasteiger partial charge in [0.1, 0.15) is 24.2 Å². The van der Waals surface area contributed by atoms with Gasteiger partial charge < -0.3 is 14.5 Å². The highest BCUT2D eigenvalue weighted by Gasteiger charge is 2.46. The Morgan fingerprint density at radius 1 is 0.946 bits per heavy atom. The van der Waals surface area contributed by atoms with E-state index in [0.717, 1.165) is 48.4 Å². The second kappa shape index (κ2) is 9.88. The lowest BCUT2D eigenvalue weighted by Gasteiger charge is -2.35. The minimum Gasteiger partial charge on any atom is -0.490 e. The van der Waals surface area contributed by atoms with Gasteiger partial charge in [-0.1, -0.05) is 55.7 Å². The summed E-state index contributed by atoms with van der Waals surface area (Å²) in [4.78, 5) is 33.7. The predicted octanol–water partition coefficient (Wildman–Crippen LogP) is 5.48. The molecule has 1 saturated carbocycles. The first-order chi connectivity index (χ1) is 18.1. The molecule has 2 amide bonds. The maximum absolute atomic E-state index is 14.4. The lowest BCUT2D eigenvalue weighted by Crippen LogP contribution is -2.48. The van der Waals surface area contributed by atoms with Crippen molar-refractivity contribution in [2.75, 3.05) is 34.4 Å². The van der Waals surface area contributed by atoms with E-state index in [1.807, 2.05) is 58.3 Å². The van der Waals surface area contributed by atoms with E-state index in [1.165, 1.54) is 23.5 Å². The summed E-state index contributed by atoms with van der Waals surface area (Å²) in [6, 6.07) is 20.6. The number of amides is 2. The Morgan fingerprint density at radius 2 is 1.70 bits per heavy atom. The standard InChI is InChI=1S/C30H30FN3O3/c31-21-9-8-12-23(19-21)34(28(35)20-32-17-18-37-27-16-7-6-15-26(27)32)29-24-13-4-5-14-25(24)33(30(29)36)22-10-2-1-3-11-22/h4-9,12-16,19,22,29H,1-3,10-11,17-18,20H2. The maximum atomic E-state index is 14.4. The highest BCUT2D eigenvalue weighted by atomic mass is 19.1. The highest BCUT2D eigenvalue weighted by molar-refractivity contribution is 6.12. The number of fused-ring (bicyclic) bond motifs is 2. The third-order valence-corrected chi connectivity index (χ3v) is 7.67. The molecule has 7 heteroatoms. The third-order valence-electron chi connectivity index (χ3n) is 7.67. The molecular weight excluding hydrogens is 469 g/mol. The Balaban J connectivity index is 1.40. The second-order valence-corrected chi connectivity index (χ2v) is 9.94. The van der Waals surface area contributed by atoms with Crippen LogP contribution in [0.25, 0.3) is 0 Å². The molecule has 3 aromatic rings. The van der Waals surface area contributed by atoms with Gasteiger partial charge in [-0.15, -0.1) is 0 Å². The Hall–Kier alpha value is -3.87. The zero-order chi connectivity index (χ0) is 25.4. The van der Waals surface area contributed by atoms with Crippen LogP contribution in [-0.4, -0.2) is 37.6 Å². The number of rotatable bonds is 5. The number of carbonyl (C=O) groups excluding carboxylic acids is 2. The molecule has 6 rings (SSSR count). The molecule has 190 valence electrons. The number of hydrogen-bond donors (Lipinski definition) is 0. The van der Waals surface area contributed by atoms with Crippen LogP contribution in [0, 0.1) is 5.82 Å². The predicted molar refractivity (Wildman–Crippen MR) is 142 cm³/mol. The van der Waals surface area contributed by atoms with Gasteiger partial charge in [-0.05, 0) is 49.2 Å². The summed E-state index contributed by atoms with van der Waals surface area (Å²) in [6.07, 6.45) is 5.25. The smallest absolute Gasteiger partial charge is 0.255 e. The van der Waals surface area contributed by atoms with Crippen LogP contribution in [-0.2, 0) is 9.59 Å². The van der Waals surface area contributed by atoms with Crippen molar-refractivity contribution in [1.29, 1.82) is 0 Å². The van der Waals surface area contributed by atoms with Gasteiger partial charge in [0, 0.05) is 23.0 Å². The van der Waals surface area contributed by atoms with Crippen LogP contribution < -0.4 is 19.4 Å². The molecule has 3 aliphatic rings. The minimum absolute atomic E-state index is 0.0479. The van der Waals surface area contributed by atoms with Crippen molar-refractivity contribution < 1.29 is 18.7 Å². The van der Waals surface area contributed by atoms with E-state index in [0.29, 0.717) is 18.8 Å². The lowest BCUT2D eigenvalue weighted by atomic mass is 9.94.